The monoisotopic (exact) mass is 229 g/mol. The highest BCUT2D eigenvalue weighted by atomic mass is 16.5. The van der Waals surface area contributed by atoms with Crippen LogP contribution in [-0.4, -0.2) is 35.9 Å². The van der Waals surface area contributed by atoms with Gasteiger partial charge in [0.25, 0.3) is 0 Å². The Labute approximate surface area is 97.4 Å². The first-order valence-electron chi connectivity index (χ1n) is 6.08. The maximum Gasteiger partial charge on any atom is 0.323 e. The number of hydrogen-bond donors (Lipinski definition) is 2. The van der Waals surface area contributed by atoms with Crippen molar-refractivity contribution in [2.75, 3.05) is 13.2 Å². The van der Waals surface area contributed by atoms with Crippen molar-refractivity contribution >= 4 is 5.97 Å². The summed E-state index contributed by atoms with van der Waals surface area (Å²) in [5.74, 6) is -0.0890. The van der Waals surface area contributed by atoms with Crippen molar-refractivity contribution in [3.8, 4) is 0 Å². The Morgan fingerprint density at radius 2 is 2.25 bits per heavy atom. The first-order valence-corrected chi connectivity index (χ1v) is 6.08. The van der Waals surface area contributed by atoms with Gasteiger partial charge in [0.2, 0.25) is 0 Å². The Morgan fingerprint density at radius 1 is 1.62 bits per heavy atom. The second-order valence-electron chi connectivity index (χ2n) is 4.96. The summed E-state index contributed by atoms with van der Waals surface area (Å²) in [7, 11) is 0. The molecular weight excluding hydrogens is 206 g/mol. The average Bonchev–Trinajstić information content (AvgIpc) is 2.98. The zero-order valence-electron chi connectivity index (χ0n) is 10.5. The van der Waals surface area contributed by atoms with Gasteiger partial charge in [0.05, 0.1) is 6.10 Å². The molecule has 1 saturated carbocycles. The van der Waals surface area contributed by atoms with Crippen molar-refractivity contribution in [3.63, 3.8) is 0 Å². The van der Waals surface area contributed by atoms with E-state index in [1.807, 2.05) is 13.8 Å². The first-order chi connectivity index (χ1) is 7.48. The number of carboxylic acid groups (broad SMARTS) is 1. The highest BCUT2D eigenvalue weighted by Gasteiger charge is 2.34. The van der Waals surface area contributed by atoms with Crippen molar-refractivity contribution in [1.82, 2.24) is 5.32 Å². The molecule has 1 aliphatic carbocycles. The summed E-state index contributed by atoms with van der Waals surface area (Å²) >= 11 is 0. The van der Waals surface area contributed by atoms with Crippen LogP contribution < -0.4 is 5.32 Å². The fraction of sp³-hybridized carbons (Fsp3) is 0.917. The van der Waals surface area contributed by atoms with Gasteiger partial charge >= 0.3 is 5.97 Å². The van der Waals surface area contributed by atoms with E-state index in [-0.39, 0.29) is 6.10 Å². The van der Waals surface area contributed by atoms with E-state index in [0.717, 1.165) is 12.5 Å². The van der Waals surface area contributed by atoms with E-state index in [1.54, 1.807) is 6.92 Å². The summed E-state index contributed by atoms with van der Waals surface area (Å²) in [5.41, 5.74) is -0.877. The van der Waals surface area contributed by atoms with Crippen molar-refractivity contribution in [2.45, 2.75) is 51.7 Å². The second-order valence-corrected chi connectivity index (χ2v) is 4.96. The van der Waals surface area contributed by atoms with E-state index in [9.17, 15) is 9.90 Å². The van der Waals surface area contributed by atoms with Crippen LogP contribution >= 0.6 is 0 Å². The van der Waals surface area contributed by atoms with Gasteiger partial charge < -0.3 is 15.2 Å². The van der Waals surface area contributed by atoms with Gasteiger partial charge in [-0.15, -0.1) is 0 Å². The number of rotatable bonds is 8. The van der Waals surface area contributed by atoms with E-state index >= 15 is 0 Å². The van der Waals surface area contributed by atoms with Crippen molar-refractivity contribution < 1.29 is 14.6 Å². The fourth-order valence-corrected chi connectivity index (χ4v) is 1.84. The van der Waals surface area contributed by atoms with Crippen LogP contribution in [0.2, 0.25) is 0 Å². The number of aliphatic carboxylic acids is 1. The van der Waals surface area contributed by atoms with Crippen LogP contribution in [0.1, 0.15) is 40.0 Å². The lowest BCUT2D eigenvalue weighted by Gasteiger charge is -2.28. The van der Waals surface area contributed by atoms with E-state index < -0.39 is 11.5 Å². The van der Waals surface area contributed by atoms with E-state index in [0.29, 0.717) is 13.0 Å². The summed E-state index contributed by atoms with van der Waals surface area (Å²) in [6.45, 7) is 7.01. The summed E-state index contributed by atoms with van der Waals surface area (Å²) in [6, 6.07) is 0. The first kappa shape index (κ1) is 13.5. The number of carbonyl (C=O) groups is 1. The minimum absolute atomic E-state index is 0.0132. The third-order valence-electron chi connectivity index (χ3n) is 3.05. The third kappa shape index (κ3) is 4.10. The zero-order valence-corrected chi connectivity index (χ0v) is 10.5. The predicted molar refractivity (Wildman–Crippen MR) is 62.5 cm³/mol. The molecule has 1 rings (SSSR count). The van der Waals surface area contributed by atoms with Gasteiger partial charge in [-0.05, 0) is 39.2 Å². The number of ether oxygens (including phenoxy) is 1. The molecule has 0 radical (unpaired) electrons. The molecule has 1 fully saturated rings. The molecular formula is C12H23NO3. The van der Waals surface area contributed by atoms with Gasteiger partial charge in [0.15, 0.2) is 0 Å². The highest BCUT2D eigenvalue weighted by Crippen LogP contribution is 2.29. The van der Waals surface area contributed by atoms with Crippen LogP contribution in [-0.2, 0) is 9.53 Å². The molecule has 2 atom stereocenters. The van der Waals surface area contributed by atoms with Gasteiger partial charge in [0.1, 0.15) is 5.54 Å². The molecule has 16 heavy (non-hydrogen) atoms. The van der Waals surface area contributed by atoms with Gasteiger partial charge in [0, 0.05) is 13.0 Å². The minimum Gasteiger partial charge on any atom is -0.480 e. The summed E-state index contributed by atoms with van der Waals surface area (Å²) in [4.78, 5) is 11.2. The van der Waals surface area contributed by atoms with E-state index in [1.165, 1.54) is 12.8 Å². The average molecular weight is 229 g/mol. The molecule has 0 amide bonds. The Balaban J connectivity index is 2.36. The number of likely N-dealkylation sites (N-methyl/N-ethyl adjacent to an activating group) is 1. The van der Waals surface area contributed by atoms with Crippen LogP contribution in [0.25, 0.3) is 0 Å². The summed E-state index contributed by atoms with van der Waals surface area (Å²) in [6.07, 6.45) is 3.01. The fourth-order valence-electron chi connectivity index (χ4n) is 1.84. The lowest BCUT2D eigenvalue weighted by Crippen LogP contribution is -2.51. The molecule has 0 aliphatic heterocycles. The molecule has 0 spiro atoms. The minimum atomic E-state index is -0.877. The topological polar surface area (TPSA) is 58.6 Å². The molecule has 0 aromatic rings. The van der Waals surface area contributed by atoms with Gasteiger partial charge in [-0.1, -0.05) is 6.92 Å². The largest absolute Gasteiger partial charge is 0.480 e. The van der Waals surface area contributed by atoms with E-state index in [4.69, 9.17) is 4.74 Å². The normalized spacial score (nSPS) is 21.4. The summed E-state index contributed by atoms with van der Waals surface area (Å²) < 4.78 is 5.65. The molecule has 94 valence electrons. The molecule has 4 nitrogen and oxygen atoms in total. The van der Waals surface area contributed by atoms with Crippen LogP contribution in [0.3, 0.4) is 0 Å². The zero-order chi connectivity index (χ0) is 12.2. The SMILES string of the molecule is CCNC(C)(CC(C)OCC1CC1)C(=O)O. The second kappa shape index (κ2) is 5.64. The maximum atomic E-state index is 11.2. The number of hydrogen-bond acceptors (Lipinski definition) is 3. The molecule has 4 heteroatoms. The molecule has 0 saturated heterocycles. The Kier molecular flexibility index (Phi) is 4.74. The molecule has 2 N–H and O–H groups in total. The number of carboxylic acids is 1. The van der Waals surface area contributed by atoms with Gasteiger partial charge in [-0.3, -0.25) is 4.79 Å². The van der Waals surface area contributed by atoms with Crippen molar-refractivity contribution in [2.24, 2.45) is 5.92 Å². The van der Waals surface area contributed by atoms with Crippen molar-refractivity contribution in [3.05, 3.63) is 0 Å². The van der Waals surface area contributed by atoms with Crippen LogP contribution in [0.15, 0.2) is 0 Å². The Hall–Kier alpha value is -0.610. The van der Waals surface area contributed by atoms with Gasteiger partial charge in [-0.25, -0.2) is 0 Å². The molecule has 0 heterocycles. The maximum absolute atomic E-state index is 11.2. The summed E-state index contributed by atoms with van der Waals surface area (Å²) in [5, 5.41) is 12.2. The number of nitrogens with one attached hydrogen (secondary N) is 1. The molecule has 0 aromatic heterocycles. The van der Waals surface area contributed by atoms with Crippen LogP contribution in [0.4, 0.5) is 0 Å². The molecule has 0 aromatic carbocycles. The smallest absolute Gasteiger partial charge is 0.323 e. The van der Waals surface area contributed by atoms with Crippen molar-refractivity contribution in [1.29, 1.82) is 0 Å². The van der Waals surface area contributed by atoms with E-state index in [2.05, 4.69) is 5.32 Å². The highest BCUT2D eigenvalue weighted by molar-refractivity contribution is 5.78. The van der Waals surface area contributed by atoms with Gasteiger partial charge in [-0.2, -0.15) is 0 Å². The molecule has 1 aliphatic rings. The Bertz CT molecular complexity index is 240. The lowest BCUT2D eigenvalue weighted by molar-refractivity contribution is -0.145. The lowest BCUT2D eigenvalue weighted by atomic mass is 9.95. The van der Waals surface area contributed by atoms with Crippen LogP contribution in [0.5, 0.6) is 0 Å². The quantitative estimate of drug-likeness (QED) is 0.664. The Morgan fingerprint density at radius 3 is 2.69 bits per heavy atom. The van der Waals surface area contributed by atoms with Crippen LogP contribution in [0, 0.1) is 5.92 Å². The predicted octanol–water partition coefficient (Wildman–Crippen LogP) is 1.64. The standard InChI is InChI=1S/C12H23NO3/c1-4-13-12(3,11(14)15)7-9(2)16-8-10-5-6-10/h9-10,13H,4-8H2,1-3H3,(H,14,15). The molecule has 0 bridgehead atoms. The molecule has 2 unspecified atom stereocenters. The third-order valence-corrected chi connectivity index (χ3v) is 3.05.